The predicted octanol–water partition coefficient (Wildman–Crippen LogP) is 2.66. The van der Waals surface area contributed by atoms with Crippen molar-refractivity contribution in [3.8, 4) is 5.75 Å². The average molecular weight is 319 g/mol. The van der Waals surface area contributed by atoms with Crippen LogP contribution in [0.15, 0.2) is 18.2 Å². The van der Waals surface area contributed by atoms with Gasteiger partial charge in [0.15, 0.2) is 11.6 Å². The van der Waals surface area contributed by atoms with Crippen LogP contribution in [0.4, 0.5) is 4.39 Å². The van der Waals surface area contributed by atoms with E-state index in [2.05, 4.69) is 0 Å². The van der Waals surface area contributed by atoms with E-state index in [1.54, 1.807) is 6.07 Å². The van der Waals surface area contributed by atoms with E-state index in [1.165, 1.54) is 12.5 Å². The van der Waals surface area contributed by atoms with Gasteiger partial charge in [-0.15, -0.1) is 0 Å². The third-order valence-electron chi connectivity index (χ3n) is 5.58. The van der Waals surface area contributed by atoms with Gasteiger partial charge in [0.1, 0.15) is 6.10 Å². The van der Waals surface area contributed by atoms with Gasteiger partial charge in [0.05, 0.1) is 12.6 Å². The zero-order chi connectivity index (χ0) is 16.0. The predicted molar refractivity (Wildman–Crippen MR) is 82.4 cm³/mol. The Bertz CT molecular complexity index is 614. The molecule has 1 aliphatic carbocycles. The van der Waals surface area contributed by atoms with Crippen LogP contribution in [0.25, 0.3) is 0 Å². The summed E-state index contributed by atoms with van der Waals surface area (Å²) in [7, 11) is 0. The number of halogens is 1. The molecule has 2 aliphatic heterocycles. The van der Waals surface area contributed by atoms with Gasteiger partial charge in [-0.25, -0.2) is 4.39 Å². The lowest BCUT2D eigenvalue weighted by Crippen LogP contribution is -2.37. The number of aliphatic hydroxyl groups is 1. The number of fused-ring (bicyclic) bond motifs is 3. The third kappa shape index (κ3) is 2.33. The van der Waals surface area contributed by atoms with Gasteiger partial charge in [-0.3, -0.25) is 4.79 Å². The summed E-state index contributed by atoms with van der Waals surface area (Å²) in [4.78, 5) is 14.8. The van der Waals surface area contributed by atoms with Crippen LogP contribution in [0.5, 0.6) is 5.75 Å². The fourth-order valence-electron chi connectivity index (χ4n) is 4.40. The van der Waals surface area contributed by atoms with Gasteiger partial charge in [-0.05, 0) is 18.9 Å². The molecule has 3 aliphatic rings. The topological polar surface area (TPSA) is 49.8 Å². The standard InChI is InChI=1S/C18H22FNO3/c19-14-8-4-7-13-15-16(23-17(13)14)12(10-21)9-20(15)18(22)11-5-2-1-3-6-11/h4,7-8,11-12,15-16,21H,1-3,5-6,9-10H2/t12-,15-,16-/m0/s1. The molecule has 1 N–H and O–H groups in total. The van der Waals surface area contributed by atoms with Gasteiger partial charge in [0.25, 0.3) is 0 Å². The number of carbonyl (C=O) groups excluding carboxylic acids is 1. The largest absolute Gasteiger partial charge is 0.484 e. The molecule has 0 bridgehead atoms. The van der Waals surface area contributed by atoms with Crippen LogP contribution in [0.3, 0.4) is 0 Å². The van der Waals surface area contributed by atoms with E-state index in [1.807, 2.05) is 11.0 Å². The van der Waals surface area contributed by atoms with E-state index in [-0.39, 0.29) is 42.2 Å². The second-order valence-electron chi connectivity index (χ2n) is 6.95. The summed E-state index contributed by atoms with van der Waals surface area (Å²) in [6.07, 6.45) is 4.94. The lowest BCUT2D eigenvalue weighted by Gasteiger charge is -2.29. The van der Waals surface area contributed by atoms with E-state index >= 15 is 0 Å². The number of hydrogen-bond acceptors (Lipinski definition) is 3. The van der Waals surface area contributed by atoms with Crippen molar-refractivity contribution in [2.24, 2.45) is 11.8 Å². The minimum atomic E-state index is -0.390. The van der Waals surface area contributed by atoms with Crippen molar-refractivity contribution in [3.05, 3.63) is 29.6 Å². The van der Waals surface area contributed by atoms with E-state index < -0.39 is 5.82 Å². The first-order valence-corrected chi connectivity index (χ1v) is 8.57. The van der Waals surface area contributed by atoms with Crippen molar-refractivity contribution in [3.63, 3.8) is 0 Å². The minimum Gasteiger partial charge on any atom is -0.484 e. The molecule has 2 fully saturated rings. The number of nitrogens with zero attached hydrogens (tertiary/aromatic N) is 1. The molecule has 0 unspecified atom stereocenters. The average Bonchev–Trinajstić information content (AvgIpc) is 3.13. The molecule has 0 radical (unpaired) electrons. The van der Waals surface area contributed by atoms with Crippen LogP contribution in [-0.4, -0.2) is 35.2 Å². The van der Waals surface area contributed by atoms with Crippen molar-refractivity contribution in [1.82, 2.24) is 4.90 Å². The summed E-state index contributed by atoms with van der Waals surface area (Å²) in [6, 6.07) is 4.62. The molecule has 1 aromatic carbocycles. The molecule has 2 heterocycles. The number of rotatable bonds is 2. The first-order valence-electron chi connectivity index (χ1n) is 8.57. The zero-order valence-corrected chi connectivity index (χ0v) is 13.1. The highest BCUT2D eigenvalue weighted by Crippen LogP contribution is 2.49. The summed E-state index contributed by atoms with van der Waals surface area (Å²) < 4.78 is 19.8. The smallest absolute Gasteiger partial charge is 0.226 e. The Balaban J connectivity index is 1.66. The number of likely N-dealkylation sites (tertiary alicyclic amines) is 1. The molecule has 3 atom stereocenters. The van der Waals surface area contributed by atoms with Crippen LogP contribution in [-0.2, 0) is 4.79 Å². The van der Waals surface area contributed by atoms with Crippen LogP contribution in [0.1, 0.15) is 43.7 Å². The van der Waals surface area contributed by atoms with Crippen molar-refractivity contribution in [2.45, 2.75) is 44.2 Å². The Kier molecular flexibility index (Phi) is 3.76. The first-order chi connectivity index (χ1) is 11.2. The second kappa shape index (κ2) is 5.78. The van der Waals surface area contributed by atoms with E-state index in [4.69, 9.17) is 4.74 Å². The highest BCUT2D eigenvalue weighted by Gasteiger charge is 2.52. The van der Waals surface area contributed by atoms with Crippen LogP contribution in [0, 0.1) is 17.7 Å². The van der Waals surface area contributed by atoms with Gasteiger partial charge >= 0.3 is 0 Å². The first kappa shape index (κ1) is 14.9. The number of amides is 1. The van der Waals surface area contributed by atoms with Gasteiger partial charge < -0.3 is 14.7 Å². The van der Waals surface area contributed by atoms with Crippen molar-refractivity contribution in [1.29, 1.82) is 0 Å². The van der Waals surface area contributed by atoms with Crippen molar-refractivity contribution < 1.29 is 19.0 Å². The van der Waals surface area contributed by atoms with Gasteiger partial charge in [0, 0.05) is 23.9 Å². The molecule has 23 heavy (non-hydrogen) atoms. The lowest BCUT2D eigenvalue weighted by molar-refractivity contribution is -0.138. The maximum atomic E-state index is 14.0. The molecule has 4 nitrogen and oxygen atoms in total. The summed E-state index contributed by atoms with van der Waals surface area (Å²) >= 11 is 0. The molecule has 124 valence electrons. The summed E-state index contributed by atoms with van der Waals surface area (Å²) in [5.41, 5.74) is 0.745. The fraction of sp³-hybridized carbons (Fsp3) is 0.611. The molecule has 0 spiro atoms. The number of hydrogen-bond donors (Lipinski definition) is 1. The number of carbonyl (C=O) groups is 1. The number of aliphatic hydroxyl groups excluding tert-OH is 1. The molecule has 1 saturated carbocycles. The van der Waals surface area contributed by atoms with Gasteiger partial charge in [0.2, 0.25) is 5.91 Å². The Labute approximate surface area is 135 Å². The maximum absolute atomic E-state index is 14.0. The molecule has 1 aromatic rings. The van der Waals surface area contributed by atoms with E-state index in [9.17, 15) is 14.3 Å². The minimum absolute atomic E-state index is 0.0504. The maximum Gasteiger partial charge on any atom is 0.226 e. The molecule has 1 saturated heterocycles. The zero-order valence-electron chi connectivity index (χ0n) is 13.1. The summed E-state index contributed by atoms with van der Waals surface area (Å²) in [6.45, 7) is 0.447. The molecular formula is C18H22FNO3. The van der Waals surface area contributed by atoms with Crippen molar-refractivity contribution >= 4 is 5.91 Å². The highest BCUT2D eigenvalue weighted by molar-refractivity contribution is 5.80. The Morgan fingerprint density at radius 2 is 2.09 bits per heavy atom. The second-order valence-corrected chi connectivity index (χ2v) is 6.95. The Morgan fingerprint density at radius 3 is 2.83 bits per heavy atom. The number of ether oxygens (including phenoxy) is 1. The third-order valence-corrected chi connectivity index (χ3v) is 5.58. The molecule has 0 aromatic heterocycles. The summed E-state index contributed by atoms with van der Waals surface area (Å²) in [5, 5.41) is 9.66. The molecular weight excluding hydrogens is 297 g/mol. The number of para-hydroxylation sites is 1. The molecule has 4 rings (SSSR count). The van der Waals surface area contributed by atoms with Crippen LogP contribution in [0.2, 0.25) is 0 Å². The van der Waals surface area contributed by atoms with Crippen LogP contribution < -0.4 is 4.74 Å². The van der Waals surface area contributed by atoms with Crippen molar-refractivity contribution in [2.75, 3.05) is 13.2 Å². The van der Waals surface area contributed by atoms with Gasteiger partial charge in [-0.2, -0.15) is 0 Å². The lowest BCUT2D eigenvalue weighted by atomic mass is 9.88. The number of benzene rings is 1. The monoisotopic (exact) mass is 319 g/mol. The van der Waals surface area contributed by atoms with Crippen LogP contribution >= 0.6 is 0 Å². The molecule has 5 heteroatoms. The Morgan fingerprint density at radius 1 is 1.30 bits per heavy atom. The SMILES string of the molecule is O=C(C1CCCCC1)N1C[C@@H](CO)[C@@H]2Oc3c(F)cccc3[C@@H]21. The fourth-order valence-corrected chi connectivity index (χ4v) is 4.40. The van der Waals surface area contributed by atoms with Gasteiger partial charge in [-0.1, -0.05) is 31.4 Å². The molecule has 1 amide bonds. The normalized spacial score (nSPS) is 30.0. The van der Waals surface area contributed by atoms with E-state index in [0.717, 1.165) is 31.2 Å². The summed E-state index contributed by atoms with van der Waals surface area (Å²) in [5.74, 6) is -0.0732. The quantitative estimate of drug-likeness (QED) is 0.912. The van der Waals surface area contributed by atoms with E-state index in [0.29, 0.717) is 6.54 Å². The highest BCUT2D eigenvalue weighted by atomic mass is 19.1. The Hall–Kier alpha value is -1.62.